The molecule has 2 N–H and O–H groups in total. The molecule has 3 aromatic carbocycles. The molecule has 33 heavy (non-hydrogen) atoms. The summed E-state index contributed by atoms with van der Waals surface area (Å²) in [5.41, 5.74) is 5.73. The van der Waals surface area contributed by atoms with Crippen LogP contribution in [0.4, 0.5) is 0 Å². The molecule has 0 bridgehead atoms. The zero-order chi connectivity index (χ0) is 23.0. The first kappa shape index (κ1) is 23.1. The summed E-state index contributed by atoms with van der Waals surface area (Å²) in [6, 6.07) is 25.9. The molecule has 0 radical (unpaired) electrons. The summed E-state index contributed by atoms with van der Waals surface area (Å²) in [6.45, 7) is 5.27. The number of rotatable bonds is 9. The van der Waals surface area contributed by atoms with Crippen molar-refractivity contribution in [3.05, 3.63) is 95.6 Å². The van der Waals surface area contributed by atoms with Crippen LogP contribution in [0, 0.1) is 0 Å². The summed E-state index contributed by atoms with van der Waals surface area (Å²) in [4.78, 5) is 2.29. The number of benzene rings is 3. The van der Waals surface area contributed by atoms with Gasteiger partial charge in [-0.1, -0.05) is 61.5 Å². The van der Waals surface area contributed by atoms with Crippen LogP contribution < -0.4 is 4.74 Å². The van der Waals surface area contributed by atoms with Crippen molar-refractivity contribution < 1.29 is 14.9 Å². The van der Waals surface area contributed by atoms with Gasteiger partial charge in [-0.2, -0.15) is 0 Å². The highest BCUT2D eigenvalue weighted by molar-refractivity contribution is 5.98. The molecule has 1 fully saturated rings. The second-order valence-electron chi connectivity index (χ2n) is 8.62. The third kappa shape index (κ3) is 6.04. The SMILES string of the molecule is CCC(=C(c1ccc(O)cc1)c1ccc(OCC(O)CN2CCCC2)cc1)c1ccccc1. The fourth-order valence-corrected chi connectivity index (χ4v) is 4.53. The van der Waals surface area contributed by atoms with E-state index in [1.165, 1.54) is 24.0 Å². The molecule has 1 atom stereocenters. The van der Waals surface area contributed by atoms with Gasteiger partial charge < -0.3 is 19.8 Å². The molecule has 0 aliphatic carbocycles. The number of phenols is 1. The van der Waals surface area contributed by atoms with E-state index in [1.54, 1.807) is 12.1 Å². The summed E-state index contributed by atoms with van der Waals surface area (Å²) in [5.74, 6) is 1.01. The van der Waals surface area contributed by atoms with Crippen LogP contribution >= 0.6 is 0 Å². The summed E-state index contributed by atoms with van der Waals surface area (Å²) in [7, 11) is 0. The van der Waals surface area contributed by atoms with E-state index in [1.807, 2.05) is 30.3 Å². The van der Waals surface area contributed by atoms with E-state index in [0.29, 0.717) is 13.2 Å². The van der Waals surface area contributed by atoms with Gasteiger partial charge in [-0.25, -0.2) is 0 Å². The summed E-state index contributed by atoms with van der Waals surface area (Å²) < 4.78 is 5.88. The first-order valence-corrected chi connectivity index (χ1v) is 11.9. The lowest BCUT2D eigenvalue weighted by Crippen LogP contribution is -2.33. The highest BCUT2D eigenvalue weighted by atomic mass is 16.5. The first-order chi connectivity index (χ1) is 16.1. The van der Waals surface area contributed by atoms with E-state index < -0.39 is 6.10 Å². The second kappa shape index (κ2) is 11.2. The molecule has 4 rings (SSSR count). The highest BCUT2D eigenvalue weighted by Crippen LogP contribution is 2.35. The van der Waals surface area contributed by atoms with Crippen molar-refractivity contribution in [2.45, 2.75) is 32.3 Å². The van der Waals surface area contributed by atoms with Crippen molar-refractivity contribution >= 4 is 11.1 Å². The first-order valence-electron chi connectivity index (χ1n) is 11.9. The molecule has 1 unspecified atom stereocenters. The third-order valence-electron chi connectivity index (χ3n) is 6.19. The molecule has 3 aromatic rings. The fraction of sp³-hybridized carbons (Fsp3) is 0.310. The molecule has 0 amide bonds. The molecule has 1 saturated heterocycles. The topological polar surface area (TPSA) is 52.9 Å². The van der Waals surface area contributed by atoms with Crippen molar-refractivity contribution in [2.75, 3.05) is 26.2 Å². The smallest absolute Gasteiger partial charge is 0.119 e. The average Bonchev–Trinajstić information content (AvgIpc) is 3.36. The van der Waals surface area contributed by atoms with Gasteiger partial charge in [-0.15, -0.1) is 0 Å². The number of ether oxygens (including phenoxy) is 1. The predicted molar refractivity (Wildman–Crippen MR) is 134 cm³/mol. The summed E-state index contributed by atoms with van der Waals surface area (Å²) >= 11 is 0. The maximum absolute atomic E-state index is 10.3. The third-order valence-corrected chi connectivity index (χ3v) is 6.19. The van der Waals surface area contributed by atoms with Crippen LogP contribution in [-0.2, 0) is 0 Å². The van der Waals surface area contributed by atoms with Gasteiger partial charge in [0.2, 0.25) is 0 Å². The Hall–Kier alpha value is -3.08. The number of nitrogens with zero attached hydrogens (tertiary/aromatic N) is 1. The normalized spacial score (nSPS) is 15.8. The van der Waals surface area contributed by atoms with Gasteiger partial charge in [0.25, 0.3) is 0 Å². The minimum atomic E-state index is -0.486. The standard InChI is InChI=1S/C29H33NO3/c1-2-28(22-8-4-3-5-9-22)29(23-10-14-25(31)15-11-23)24-12-16-27(17-13-24)33-21-26(32)20-30-18-6-7-19-30/h3-5,8-17,26,31-32H,2,6-7,18-21H2,1H3. The maximum atomic E-state index is 10.3. The Balaban J connectivity index is 1.57. The second-order valence-corrected chi connectivity index (χ2v) is 8.62. The quantitative estimate of drug-likeness (QED) is 0.423. The van der Waals surface area contributed by atoms with E-state index >= 15 is 0 Å². The van der Waals surface area contributed by atoms with Crippen molar-refractivity contribution in [2.24, 2.45) is 0 Å². The van der Waals surface area contributed by atoms with E-state index in [4.69, 9.17) is 4.74 Å². The Morgan fingerprint density at radius 3 is 2.06 bits per heavy atom. The van der Waals surface area contributed by atoms with Crippen LogP contribution in [0.25, 0.3) is 11.1 Å². The number of allylic oxidation sites excluding steroid dienone is 1. The molecular formula is C29H33NO3. The van der Waals surface area contributed by atoms with E-state index in [-0.39, 0.29) is 5.75 Å². The number of hydrogen-bond acceptors (Lipinski definition) is 4. The van der Waals surface area contributed by atoms with Gasteiger partial charge in [0.15, 0.2) is 0 Å². The zero-order valence-electron chi connectivity index (χ0n) is 19.3. The average molecular weight is 444 g/mol. The lowest BCUT2D eigenvalue weighted by atomic mass is 9.88. The largest absolute Gasteiger partial charge is 0.508 e. The Bertz CT molecular complexity index is 1040. The van der Waals surface area contributed by atoms with Crippen LogP contribution in [0.5, 0.6) is 11.5 Å². The molecule has 1 aliphatic heterocycles. The predicted octanol–water partition coefficient (Wildman–Crippen LogP) is 5.60. The number of aromatic hydroxyl groups is 1. The Morgan fingerprint density at radius 1 is 0.848 bits per heavy atom. The number of aliphatic hydroxyl groups is 1. The maximum Gasteiger partial charge on any atom is 0.119 e. The fourth-order valence-electron chi connectivity index (χ4n) is 4.53. The minimum Gasteiger partial charge on any atom is -0.508 e. The van der Waals surface area contributed by atoms with Gasteiger partial charge in [-0.05, 0) is 84.5 Å². The summed E-state index contributed by atoms with van der Waals surface area (Å²) in [6.07, 6.45) is 2.82. The van der Waals surface area contributed by atoms with Crippen molar-refractivity contribution in [3.8, 4) is 11.5 Å². The van der Waals surface area contributed by atoms with Crippen LogP contribution in [-0.4, -0.2) is 47.5 Å². The van der Waals surface area contributed by atoms with Gasteiger partial charge in [0.1, 0.15) is 24.2 Å². The number of β-amino-alcohol motifs (C(OH)–C–C–N with tert-alkyl or cyclic N) is 1. The molecule has 4 heteroatoms. The number of likely N-dealkylation sites (tertiary alicyclic amines) is 1. The van der Waals surface area contributed by atoms with Gasteiger partial charge >= 0.3 is 0 Å². The van der Waals surface area contributed by atoms with Crippen LogP contribution in [0.2, 0.25) is 0 Å². The molecule has 0 aromatic heterocycles. The number of aliphatic hydroxyl groups excluding tert-OH is 1. The van der Waals surface area contributed by atoms with Crippen LogP contribution in [0.15, 0.2) is 78.9 Å². The summed E-state index contributed by atoms with van der Waals surface area (Å²) in [5, 5.41) is 20.1. The van der Waals surface area contributed by atoms with E-state index in [0.717, 1.165) is 42.0 Å². The Labute approximate surface area is 196 Å². The molecule has 0 saturated carbocycles. The molecule has 1 aliphatic rings. The molecule has 1 heterocycles. The molecule has 172 valence electrons. The Morgan fingerprint density at radius 2 is 1.45 bits per heavy atom. The number of hydrogen-bond donors (Lipinski definition) is 2. The van der Waals surface area contributed by atoms with E-state index in [9.17, 15) is 10.2 Å². The lowest BCUT2D eigenvalue weighted by Gasteiger charge is -2.20. The monoisotopic (exact) mass is 443 g/mol. The van der Waals surface area contributed by atoms with Crippen LogP contribution in [0.1, 0.15) is 42.9 Å². The van der Waals surface area contributed by atoms with Crippen molar-refractivity contribution in [1.29, 1.82) is 0 Å². The highest BCUT2D eigenvalue weighted by Gasteiger charge is 2.17. The number of phenolic OH excluding ortho intramolecular Hbond substituents is 1. The van der Waals surface area contributed by atoms with Crippen molar-refractivity contribution in [1.82, 2.24) is 4.90 Å². The van der Waals surface area contributed by atoms with Crippen LogP contribution in [0.3, 0.4) is 0 Å². The molecule has 0 spiro atoms. The van der Waals surface area contributed by atoms with Crippen molar-refractivity contribution in [3.63, 3.8) is 0 Å². The van der Waals surface area contributed by atoms with E-state index in [2.05, 4.69) is 48.2 Å². The molecular weight excluding hydrogens is 410 g/mol. The lowest BCUT2D eigenvalue weighted by molar-refractivity contribution is 0.0758. The van der Waals surface area contributed by atoms with Gasteiger partial charge in [-0.3, -0.25) is 0 Å². The van der Waals surface area contributed by atoms with Gasteiger partial charge in [0.05, 0.1) is 0 Å². The van der Waals surface area contributed by atoms with Gasteiger partial charge in [0, 0.05) is 6.54 Å². The molecule has 4 nitrogen and oxygen atoms in total. The zero-order valence-corrected chi connectivity index (χ0v) is 19.3. The Kier molecular flexibility index (Phi) is 7.82. The minimum absolute atomic E-state index is 0.257.